The lowest BCUT2D eigenvalue weighted by Crippen LogP contribution is -2.29. The van der Waals surface area contributed by atoms with Crippen LogP contribution in [0.2, 0.25) is 5.02 Å². The summed E-state index contributed by atoms with van der Waals surface area (Å²) in [4.78, 5) is 12.2. The lowest BCUT2D eigenvalue weighted by molar-refractivity contribution is -0.137. The summed E-state index contributed by atoms with van der Waals surface area (Å²) in [5.41, 5.74) is -0.713. The molecule has 2 aromatic rings. The second-order valence-corrected chi connectivity index (χ2v) is 9.11. The molecule has 10 heteroatoms. The van der Waals surface area contributed by atoms with Crippen LogP contribution in [0.3, 0.4) is 0 Å². The molecule has 1 unspecified atom stereocenters. The predicted octanol–water partition coefficient (Wildman–Crippen LogP) is 4.75. The third-order valence-corrected chi connectivity index (χ3v) is 4.83. The third-order valence-electron chi connectivity index (χ3n) is 2.98. The number of rotatable bonds is 4. The number of hydrogen-bond donors (Lipinski definition) is 1. The van der Waals surface area contributed by atoms with E-state index in [9.17, 15) is 22.2 Å². The molecule has 1 amide bonds. The fourth-order valence-corrected chi connectivity index (χ4v) is 3.18. The number of alkyl halides is 3. The minimum absolute atomic E-state index is 0.00341. The molecule has 0 aliphatic carbocycles. The number of hydrogen-bond acceptors (Lipinski definition) is 3. The molecule has 0 radical (unpaired) electrons. The van der Waals surface area contributed by atoms with Gasteiger partial charge in [0.05, 0.1) is 16.1 Å². The van der Waals surface area contributed by atoms with Gasteiger partial charge in [-0.3, -0.25) is 9.52 Å². The number of halogens is 5. The van der Waals surface area contributed by atoms with Crippen LogP contribution in [0.5, 0.6) is 11.5 Å². The van der Waals surface area contributed by atoms with Gasteiger partial charge in [-0.2, -0.15) is 13.2 Å². The van der Waals surface area contributed by atoms with Crippen LogP contribution in [-0.4, -0.2) is 22.2 Å². The van der Waals surface area contributed by atoms with E-state index >= 15 is 0 Å². The van der Waals surface area contributed by atoms with E-state index in [0.717, 1.165) is 18.2 Å². The molecule has 0 heterocycles. The molecular formula is C16H12ClF3INO3S. The number of benzene rings is 2. The number of ether oxygens (including phenoxy) is 1. The summed E-state index contributed by atoms with van der Waals surface area (Å²) in [7, 11) is -2.76. The van der Waals surface area contributed by atoms with Gasteiger partial charge in [0.2, 0.25) is 0 Å². The Kier molecular flexibility index (Phi) is 6.13. The number of carbonyl (C=O) groups is 1. The Morgan fingerprint density at radius 1 is 1.27 bits per heavy atom. The molecule has 2 aromatic carbocycles. The molecule has 0 saturated carbocycles. The topological polar surface area (TPSA) is 55.4 Å². The summed E-state index contributed by atoms with van der Waals surface area (Å²) >= 11 is 7.77. The van der Waals surface area contributed by atoms with Crippen LogP contribution >= 0.6 is 34.2 Å². The van der Waals surface area contributed by atoms with Gasteiger partial charge in [0.25, 0.3) is 5.91 Å². The van der Waals surface area contributed by atoms with Crippen molar-refractivity contribution in [2.24, 2.45) is 0 Å². The van der Waals surface area contributed by atoms with Gasteiger partial charge in [-0.1, -0.05) is 11.6 Å². The summed E-state index contributed by atoms with van der Waals surface area (Å²) in [5.74, 6) is 2.93. The molecule has 0 spiro atoms. The maximum atomic E-state index is 12.7. The van der Waals surface area contributed by atoms with Gasteiger partial charge in [-0.05, 0) is 64.9 Å². The molecule has 2 rings (SSSR count). The maximum Gasteiger partial charge on any atom is 0.416 e. The highest BCUT2D eigenvalue weighted by Crippen LogP contribution is 2.36. The van der Waals surface area contributed by atoms with Crippen LogP contribution in [0.25, 0.3) is 0 Å². The summed E-state index contributed by atoms with van der Waals surface area (Å²) in [5, 5.41) is -0.223. The zero-order chi connectivity index (χ0) is 19.7. The molecule has 1 N–H and O–H groups in total. The lowest BCUT2D eigenvalue weighted by atomic mass is 10.2. The smallest absolute Gasteiger partial charge is 0.416 e. The first-order chi connectivity index (χ1) is 11.9. The fraction of sp³-hybridized carbons (Fsp3) is 0.125. The number of carbonyl (C=O) groups excluding carboxylic acids is 1. The maximum absolute atomic E-state index is 12.7. The average molecular weight is 518 g/mol. The normalized spacial score (nSPS) is 13.8. The second-order valence-electron chi connectivity index (χ2n) is 5.32. The summed E-state index contributed by atoms with van der Waals surface area (Å²) in [6.07, 6.45) is -3.24. The van der Waals surface area contributed by atoms with Crippen molar-refractivity contribution in [1.29, 1.82) is 0 Å². The summed E-state index contributed by atoms with van der Waals surface area (Å²) < 4.78 is 58.0. The fourth-order valence-electron chi connectivity index (χ4n) is 1.88. The Morgan fingerprint density at radius 2 is 1.92 bits per heavy atom. The Morgan fingerprint density at radius 3 is 2.46 bits per heavy atom. The van der Waals surface area contributed by atoms with Gasteiger partial charge in [0.1, 0.15) is 11.5 Å². The van der Waals surface area contributed by atoms with Gasteiger partial charge < -0.3 is 4.74 Å². The van der Waals surface area contributed by atoms with E-state index in [4.69, 9.17) is 16.3 Å². The van der Waals surface area contributed by atoms with E-state index in [1.165, 1.54) is 18.4 Å². The van der Waals surface area contributed by atoms with Crippen molar-refractivity contribution in [1.82, 2.24) is 4.72 Å². The number of amides is 1. The first-order valence-electron chi connectivity index (χ1n) is 6.85. The van der Waals surface area contributed by atoms with Crippen LogP contribution in [0, 0.1) is 3.57 Å². The largest absolute Gasteiger partial charge is 0.456 e. The number of nitrogens with one attached hydrogen (secondary N) is 1. The molecule has 0 aromatic heterocycles. The standard InChI is InChI=1S/C16H12ClF3INO3S/c1-26(2,24)22-15(23)11-8-10(4-5-13(11)21)25-14-6-3-9(7-12(14)17)16(18,19)20/h3-8H,1H2,2H3,(H,22,23,24). The Bertz CT molecular complexity index is 962. The van der Waals surface area contributed by atoms with Gasteiger partial charge in [-0.15, -0.1) is 0 Å². The Balaban J connectivity index is 2.31. The Labute approximate surface area is 167 Å². The molecule has 140 valence electrons. The average Bonchev–Trinajstić information content (AvgIpc) is 2.48. The highest BCUT2D eigenvalue weighted by molar-refractivity contribution is 14.1. The van der Waals surface area contributed by atoms with Crippen LogP contribution in [-0.2, 0) is 15.9 Å². The van der Waals surface area contributed by atoms with Crippen molar-refractivity contribution < 1.29 is 26.9 Å². The SMILES string of the molecule is C=S(C)(=O)NC(=O)c1cc(Oc2ccc(C(F)(F)F)cc2Cl)ccc1I. The lowest BCUT2D eigenvalue weighted by Gasteiger charge is -2.13. The van der Waals surface area contributed by atoms with E-state index in [1.807, 2.05) is 22.6 Å². The van der Waals surface area contributed by atoms with Crippen molar-refractivity contribution in [3.63, 3.8) is 0 Å². The molecule has 0 saturated heterocycles. The highest BCUT2D eigenvalue weighted by atomic mass is 127. The van der Waals surface area contributed by atoms with Crippen LogP contribution in [0.4, 0.5) is 13.2 Å². The van der Waals surface area contributed by atoms with E-state index in [2.05, 4.69) is 10.6 Å². The van der Waals surface area contributed by atoms with Crippen LogP contribution in [0.15, 0.2) is 36.4 Å². The van der Waals surface area contributed by atoms with Crippen LogP contribution < -0.4 is 9.46 Å². The highest BCUT2D eigenvalue weighted by Gasteiger charge is 2.31. The van der Waals surface area contributed by atoms with Gasteiger partial charge in [0.15, 0.2) is 0 Å². The van der Waals surface area contributed by atoms with E-state index in [-0.39, 0.29) is 22.1 Å². The quantitative estimate of drug-likeness (QED) is 0.471. The van der Waals surface area contributed by atoms with E-state index < -0.39 is 27.4 Å². The van der Waals surface area contributed by atoms with Gasteiger partial charge in [-0.25, -0.2) is 4.21 Å². The molecule has 0 bridgehead atoms. The second kappa shape index (κ2) is 7.65. The summed E-state index contributed by atoms with van der Waals surface area (Å²) in [6.45, 7) is 0. The molecule has 0 fully saturated rings. The zero-order valence-electron chi connectivity index (χ0n) is 13.2. The summed E-state index contributed by atoms with van der Waals surface area (Å²) in [6, 6.07) is 7.17. The molecule has 1 atom stereocenters. The van der Waals surface area contributed by atoms with Gasteiger partial charge >= 0.3 is 6.18 Å². The molecule has 0 aliphatic rings. The van der Waals surface area contributed by atoms with Crippen molar-refractivity contribution in [3.05, 3.63) is 56.1 Å². The monoisotopic (exact) mass is 517 g/mol. The molecular weight excluding hydrogens is 506 g/mol. The van der Waals surface area contributed by atoms with Gasteiger partial charge in [0, 0.05) is 19.5 Å². The van der Waals surface area contributed by atoms with Crippen molar-refractivity contribution >= 4 is 55.7 Å². The minimum atomic E-state index is -4.52. The molecule has 4 nitrogen and oxygen atoms in total. The van der Waals surface area contributed by atoms with Crippen molar-refractivity contribution in [2.45, 2.75) is 6.18 Å². The predicted molar refractivity (Wildman–Crippen MR) is 104 cm³/mol. The zero-order valence-corrected chi connectivity index (χ0v) is 16.9. The van der Waals surface area contributed by atoms with Crippen LogP contribution in [0.1, 0.15) is 15.9 Å². The minimum Gasteiger partial charge on any atom is -0.456 e. The van der Waals surface area contributed by atoms with Crippen molar-refractivity contribution in [3.8, 4) is 11.5 Å². The molecule has 26 heavy (non-hydrogen) atoms. The molecule has 0 aliphatic heterocycles. The van der Waals surface area contributed by atoms with E-state index in [1.54, 1.807) is 6.07 Å². The Hall–Kier alpha value is -1.46. The first kappa shape index (κ1) is 20.8. The first-order valence-corrected chi connectivity index (χ1v) is 10.4. The van der Waals surface area contributed by atoms with E-state index in [0.29, 0.717) is 3.57 Å². The van der Waals surface area contributed by atoms with Crippen molar-refractivity contribution in [2.75, 3.05) is 6.26 Å². The third kappa shape index (κ3) is 5.52.